The molecule has 50 heavy (non-hydrogen) atoms. The molecule has 5 atom stereocenters. The van der Waals surface area contributed by atoms with E-state index in [2.05, 4.69) is 39.9 Å². The number of carbonyl (C=O) groups is 4. The molecule has 3 fully saturated rings. The maximum absolute atomic E-state index is 14.3. The highest BCUT2D eigenvalue weighted by molar-refractivity contribution is 7.91. The molecule has 2 bridgehead atoms. The average molecular weight is 709 g/mol. The van der Waals surface area contributed by atoms with Crippen molar-refractivity contribution in [3.63, 3.8) is 0 Å². The first-order valence-electron chi connectivity index (χ1n) is 17.4. The molecular formula is C37H48N4O8S. The van der Waals surface area contributed by atoms with E-state index in [1.54, 1.807) is 20.8 Å². The van der Waals surface area contributed by atoms with Crippen LogP contribution in [0.2, 0.25) is 0 Å². The Bertz CT molecular complexity index is 1690. The van der Waals surface area contributed by atoms with Gasteiger partial charge in [-0.15, -0.1) is 6.58 Å². The van der Waals surface area contributed by atoms with E-state index in [1.165, 1.54) is 11.0 Å². The van der Waals surface area contributed by atoms with Crippen molar-refractivity contribution in [1.82, 2.24) is 20.3 Å². The maximum Gasteiger partial charge on any atom is 0.407 e. The van der Waals surface area contributed by atoms with Crippen LogP contribution in [0.1, 0.15) is 83.3 Å². The third-order valence-electron chi connectivity index (χ3n) is 9.59. The molecular weight excluding hydrogens is 660 g/mol. The SMILES string of the molecule is C=C[C@@H]1C[C@]1(NC(=O)[C@@H]1C[C@@H]2CN1C(=O)[C@H](C(C)(C)C)NC(=O)OCCCCCC=Cc1ccccc1C#CCO2)C(=O)NS(=O)(=O)C1CC1. The van der Waals surface area contributed by atoms with Crippen molar-refractivity contribution in [2.45, 2.75) is 101 Å². The van der Waals surface area contributed by atoms with E-state index in [9.17, 15) is 27.6 Å². The van der Waals surface area contributed by atoms with Crippen molar-refractivity contribution in [3.05, 3.63) is 54.1 Å². The lowest BCUT2D eigenvalue weighted by Crippen LogP contribution is -2.60. The number of hydrogen-bond donors (Lipinski definition) is 3. The second-order valence-corrected chi connectivity index (χ2v) is 16.5. The summed E-state index contributed by atoms with van der Waals surface area (Å²) < 4.78 is 38.9. The van der Waals surface area contributed by atoms with Crippen LogP contribution in [0.15, 0.2) is 43.0 Å². The summed E-state index contributed by atoms with van der Waals surface area (Å²) in [7, 11) is -3.87. The van der Waals surface area contributed by atoms with Crippen LogP contribution < -0.4 is 15.4 Å². The van der Waals surface area contributed by atoms with Gasteiger partial charge in [-0.25, -0.2) is 13.2 Å². The summed E-state index contributed by atoms with van der Waals surface area (Å²) in [5.41, 5.74) is -0.456. The topological polar surface area (TPSA) is 160 Å². The number of amides is 4. The number of alkyl carbamates (subject to hydrolysis) is 1. The van der Waals surface area contributed by atoms with Gasteiger partial charge in [-0.3, -0.25) is 19.1 Å². The number of carbonyl (C=O) groups excluding carboxylic acids is 4. The number of hydrogen-bond acceptors (Lipinski definition) is 8. The highest BCUT2D eigenvalue weighted by Crippen LogP contribution is 2.45. The fourth-order valence-corrected chi connectivity index (χ4v) is 7.73. The Labute approximate surface area is 294 Å². The van der Waals surface area contributed by atoms with E-state index >= 15 is 0 Å². The monoisotopic (exact) mass is 708 g/mol. The van der Waals surface area contributed by atoms with Crippen molar-refractivity contribution < 1.29 is 37.1 Å². The lowest BCUT2D eigenvalue weighted by molar-refractivity contribution is -0.143. The molecule has 5 rings (SSSR count). The highest BCUT2D eigenvalue weighted by Gasteiger charge is 2.62. The Morgan fingerprint density at radius 3 is 2.60 bits per heavy atom. The van der Waals surface area contributed by atoms with Crippen molar-refractivity contribution >= 4 is 39.9 Å². The zero-order valence-corrected chi connectivity index (χ0v) is 29.9. The van der Waals surface area contributed by atoms with Crippen LogP contribution in [-0.2, 0) is 33.9 Å². The zero-order chi connectivity index (χ0) is 36.1. The predicted octanol–water partition coefficient (Wildman–Crippen LogP) is 3.42. The number of benzene rings is 1. The average Bonchev–Trinajstić information content (AvgIpc) is 3.99. The number of nitrogens with zero attached hydrogens (tertiary/aromatic N) is 1. The number of cyclic esters (lactones) is 1. The van der Waals surface area contributed by atoms with Gasteiger partial charge in [-0.2, -0.15) is 0 Å². The fraction of sp³-hybridized carbons (Fsp3) is 0.568. The minimum Gasteiger partial charge on any atom is -0.450 e. The summed E-state index contributed by atoms with van der Waals surface area (Å²) in [6.07, 6.45) is 8.82. The minimum absolute atomic E-state index is 0.0291. The molecule has 13 heteroatoms. The second kappa shape index (κ2) is 15.4. The molecule has 1 aromatic carbocycles. The van der Waals surface area contributed by atoms with Crippen LogP contribution in [-0.4, -0.2) is 85.9 Å². The maximum atomic E-state index is 14.3. The van der Waals surface area contributed by atoms with Crippen LogP contribution in [0, 0.1) is 23.2 Å². The van der Waals surface area contributed by atoms with E-state index in [0.717, 1.165) is 30.4 Å². The summed E-state index contributed by atoms with van der Waals surface area (Å²) in [4.78, 5) is 56.0. The van der Waals surface area contributed by atoms with Crippen LogP contribution in [0.25, 0.3) is 6.08 Å². The molecule has 0 aromatic heterocycles. The van der Waals surface area contributed by atoms with Gasteiger partial charge in [0.25, 0.3) is 5.91 Å². The van der Waals surface area contributed by atoms with Gasteiger partial charge in [-0.1, -0.05) is 69.0 Å². The molecule has 2 aliphatic heterocycles. The summed E-state index contributed by atoms with van der Waals surface area (Å²) in [6, 6.07) is 5.65. The number of ether oxygens (including phenoxy) is 2. The smallest absolute Gasteiger partial charge is 0.407 e. The van der Waals surface area contributed by atoms with Crippen LogP contribution in [0.4, 0.5) is 4.79 Å². The van der Waals surface area contributed by atoms with Crippen LogP contribution >= 0.6 is 0 Å². The Balaban J connectivity index is 1.40. The summed E-state index contributed by atoms with van der Waals surface area (Å²) in [5, 5.41) is 4.88. The molecule has 2 heterocycles. The molecule has 1 aromatic rings. The number of allylic oxidation sites excluding steroid dienone is 1. The van der Waals surface area contributed by atoms with Gasteiger partial charge in [0.15, 0.2) is 0 Å². The second-order valence-electron chi connectivity index (χ2n) is 14.6. The van der Waals surface area contributed by atoms with E-state index in [4.69, 9.17) is 9.47 Å². The standard InChI is InChI=1S/C37H48N4O8S/c1-5-27-23-37(27,34(44)40-50(46,47)29-18-19-29)39-32(42)30-22-28-24-41(30)33(43)31(36(2,3)4)38-35(45)49-20-12-8-6-7-9-14-25-15-10-11-16-26(25)17-13-21-48-28/h5,9-11,14-16,27-31H,1,6-8,12,18-24H2,2-4H3,(H,38,45)(H,39,42)(H,40,44)/t27-,28-,30+,31-,37-/m1/s1. The van der Waals surface area contributed by atoms with E-state index in [0.29, 0.717) is 19.3 Å². The fourth-order valence-electron chi connectivity index (χ4n) is 6.37. The van der Waals surface area contributed by atoms with E-state index in [1.807, 2.05) is 30.3 Å². The van der Waals surface area contributed by atoms with Crippen LogP contribution in [0.5, 0.6) is 0 Å². The largest absolute Gasteiger partial charge is 0.450 e. The molecule has 270 valence electrons. The van der Waals surface area contributed by atoms with Crippen molar-refractivity contribution in [2.75, 3.05) is 19.8 Å². The molecule has 0 unspecified atom stereocenters. The Kier molecular flexibility index (Phi) is 11.4. The van der Waals surface area contributed by atoms with Gasteiger partial charge in [0, 0.05) is 24.4 Å². The summed E-state index contributed by atoms with van der Waals surface area (Å²) in [6.45, 7) is 9.42. The Hall–Kier alpha value is -4.15. The van der Waals surface area contributed by atoms with Gasteiger partial charge in [-0.05, 0) is 62.0 Å². The zero-order valence-electron chi connectivity index (χ0n) is 29.0. The summed E-state index contributed by atoms with van der Waals surface area (Å²) in [5.74, 6) is 3.76. The number of fused-ring (bicyclic) bond motifs is 3. The normalized spacial score (nSPS) is 28.0. The molecule has 2 saturated carbocycles. The van der Waals surface area contributed by atoms with Crippen LogP contribution in [0.3, 0.4) is 0 Å². The van der Waals surface area contributed by atoms with Crippen molar-refractivity contribution in [3.8, 4) is 11.8 Å². The lowest BCUT2D eigenvalue weighted by Gasteiger charge is -2.35. The minimum atomic E-state index is -3.87. The highest BCUT2D eigenvalue weighted by atomic mass is 32.2. The number of rotatable bonds is 6. The summed E-state index contributed by atoms with van der Waals surface area (Å²) >= 11 is 0. The van der Waals surface area contributed by atoms with Gasteiger partial charge in [0.1, 0.15) is 24.2 Å². The molecule has 0 spiro atoms. The predicted molar refractivity (Wildman–Crippen MR) is 188 cm³/mol. The molecule has 1 saturated heterocycles. The first-order chi connectivity index (χ1) is 23.7. The molecule has 3 N–H and O–H groups in total. The molecule has 4 aliphatic rings. The molecule has 0 radical (unpaired) electrons. The first-order valence-corrected chi connectivity index (χ1v) is 18.9. The molecule has 2 aliphatic carbocycles. The molecule has 4 amide bonds. The number of sulfonamides is 1. The molecule has 12 nitrogen and oxygen atoms in total. The third-order valence-corrected chi connectivity index (χ3v) is 11.4. The van der Waals surface area contributed by atoms with Gasteiger partial charge in [0.2, 0.25) is 21.8 Å². The Morgan fingerprint density at radius 1 is 1.14 bits per heavy atom. The lowest BCUT2D eigenvalue weighted by atomic mass is 9.85. The van der Waals surface area contributed by atoms with E-state index in [-0.39, 0.29) is 32.6 Å². The first kappa shape index (κ1) is 37.1. The van der Waals surface area contributed by atoms with Gasteiger partial charge >= 0.3 is 6.09 Å². The quantitative estimate of drug-likeness (QED) is 0.300. The van der Waals surface area contributed by atoms with Crippen molar-refractivity contribution in [2.24, 2.45) is 11.3 Å². The van der Waals surface area contributed by atoms with Gasteiger partial charge < -0.3 is 25.0 Å². The van der Waals surface area contributed by atoms with E-state index < -0.39 is 74.1 Å². The number of nitrogens with one attached hydrogen (secondary N) is 3. The third kappa shape index (κ3) is 8.95. The Morgan fingerprint density at radius 2 is 1.90 bits per heavy atom. The van der Waals surface area contributed by atoms with Crippen molar-refractivity contribution in [1.29, 1.82) is 0 Å². The van der Waals surface area contributed by atoms with Gasteiger partial charge in [0.05, 0.1) is 18.0 Å².